The molecule has 1 aromatic carbocycles. The molecule has 0 aromatic heterocycles. The second-order valence-electron chi connectivity index (χ2n) is 5.31. The highest BCUT2D eigenvalue weighted by Gasteiger charge is 2.12. The highest BCUT2D eigenvalue weighted by molar-refractivity contribution is 5.39. The van der Waals surface area contributed by atoms with Crippen LogP contribution >= 0.6 is 0 Å². The van der Waals surface area contributed by atoms with E-state index in [4.69, 9.17) is 4.74 Å². The lowest BCUT2D eigenvalue weighted by atomic mass is 10.1. The summed E-state index contributed by atoms with van der Waals surface area (Å²) in [6, 6.07) is 6.44. The highest BCUT2D eigenvalue weighted by atomic mass is 16.5. The first-order chi connectivity index (χ1) is 8.66. The van der Waals surface area contributed by atoms with Gasteiger partial charge in [-0.15, -0.1) is 0 Å². The van der Waals surface area contributed by atoms with E-state index in [0.717, 1.165) is 31.7 Å². The van der Waals surface area contributed by atoms with Crippen LogP contribution in [0.3, 0.4) is 0 Å². The van der Waals surface area contributed by atoms with E-state index < -0.39 is 0 Å². The van der Waals surface area contributed by atoms with E-state index in [1.165, 1.54) is 11.1 Å². The van der Waals surface area contributed by atoms with E-state index in [0.29, 0.717) is 12.5 Å². The van der Waals surface area contributed by atoms with Crippen molar-refractivity contribution in [3.63, 3.8) is 0 Å². The predicted molar refractivity (Wildman–Crippen MR) is 73.1 cm³/mol. The summed E-state index contributed by atoms with van der Waals surface area (Å²) in [6.07, 6.45) is 1.78. The molecular weight excluding hydrogens is 226 g/mol. The lowest BCUT2D eigenvalue weighted by Gasteiger charge is -2.15. The number of nitrogens with one attached hydrogen (secondary N) is 1. The second kappa shape index (κ2) is 6.21. The Morgan fingerprint density at radius 1 is 1.39 bits per heavy atom. The van der Waals surface area contributed by atoms with E-state index in [1.54, 1.807) is 0 Å². The van der Waals surface area contributed by atoms with Gasteiger partial charge in [-0.25, -0.2) is 0 Å². The minimum Gasteiger partial charge on any atom is -0.493 e. The van der Waals surface area contributed by atoms with Crippen molar-refractivity contribution in [2.45, 2.75) is 32.8 Å². The molecule has 0 amide bonds. The predicted octanol–water partition coefficient (Wildman–Crippen LogP) is 1.77. The Balaban J connectivity index is 1.74. The van der Waals surface area contributed by atoms with Crippen molar-refractivity contribution in [2.75, 3.05) is 19.7 Å². The largest absolute Gasteiger partial charge is 0.493 e. The Morgan fingerprint density at radius 3 is 3.00 bits per heavy atom. The van der Waals surface area contributed by atoms with E-state index in [2.05, 4.69) is 23.5 Å². The lowest BCUT2D eigenvalue weighted by molar-refractivity contribution is 0.124. The van der Waals surface area contributed by atoms with E-state index in [9.17, 15) is 5.11 Å². The van der Waals surface area contributed by atoms with Crippen molar-refractivity contribution in [3.8, 4) is 5.75 Å². The van der Waals surface area contributed by atoms with Crippen LogP contribution in [0, 0.1) is 5.92 Å². The number of aliphatic hydroxyl groups is 1. The zero-order valence-corrected chi connectivity index (χ0v) is 11.3. The monoisotopic (exact) mass is 249 g/mol. The molecule has 3 nitrogen and oxygen atoms in total. The molecule has 1 aliphatic rings. The number of hydrogen-bond acceptors (Lipinski definition) is 3. The molecule has 1 heterocycles. The molecule has 0 bridgehead atoms. The lowest BCUT2D eigenvalue weighted by Crippen LogP contribution is -2.31. The molecule has 1 aliphatic heterocycles. The van der Waals surface area contributed by atoms with Crippen LogP contribution in [0.5, 0.6) is 5.75 Å². The van der Waals surface area contributed by atoms with Crippen LogP contribution in [-0.4, -0.2) is 30.9 Å². The van der Waals surface area contributed by atoms with Crippen LogP contribution in [0.15, 0.2) is 18.2 Å². The average molecular weight is 249 g/mol. The van der Waals surface area contributed by atoms with Crippen LogP contribution in [0.2, 0.25) is 0 Å². The Hall–Kier alpha value is -1.06. The SMILES string of the molecule is CC(C)C(O)CNCCc1ccc2c(c1)CCO2. The maximum atomic E-state index is 9.67. The smallest absolute Gasteiger partial charge is 0.122 e. The molecule has 1 unspecified atom stereocenters. The summed E-state index contributed by atoms with van der Waals surface area (Å²) in [6.45, 7) is 6.46. The minimum absolute atomic E-state index is 0.251. The molecule has 0 fully saturated rings. The molecule has 0 aliphatic carbocycles. The van der Waals surface area contributed by atoms with Crippen molar-refractivity contribution in [2.24, 2.45) is 5.92 Å². The van der Waals surface area contributed by atoms with Gasteiger partial charge < -0.3 is 15.2 Å². The second-order valence-corrected chi connectivity index (χ2v) is 5.31. The van der Waals surface area contributed by atoms with Gasteiger partial charge in [-0.3, -0.25) is 0 Å². The van der Waals surface area contributed by atoms with Crippen molar-refractivity contribution >= 4 is 0 Å². The molecule has 100 valence electrons. The van der Waals surface area contributed by atoms with E-state index in [1.807, 2.05) is 13.8 Å². The molecule has 0 saturated carbocycles. The Bertz CT molecular complexity index is 390. The summed E-state index contributed by atoms with van der Waals surface area (Å²) in [5.74, 6) is 1.36. The Morgan fingerprint density at radius 2 is 2.22 bits per heavy atom. The Kier molecular flexibility index (Phi) is 4.61. The minimum atomic E-state index is -0.251. The van der Waals surface area contributed by atoms with Gasteiger partial charge in [0.25, 0.3) is 0 Å². The van der Waals surface area contributed by atoms with Gasteiger partial charge in [-0.2, -0.15) is 0 Å². The van der Waals surface area contributed by atoms with Crippen LogP contribution in [0.25, 0.3) is 0 Å². The van der Waals surface area contributed by atoms with Crippen molar-refractivity contribution in [1.29, 1.82) is 0 Å². The average Bonchev–Trinajstić information content (AvgIpc) is 2.81. The molecule has 1 aromatic rings. The Labute approximate surface area is 109 Å². The molecule has 2 rings (SSSR count). The molecular formula is C15H23NO2. The van der Waals surface area contributed by atoms with Crippen molar-refractivity contribution in [1.82, 2.24) is 5.32 Å². The van der Waals surface area contributed by atoms with Gasteiger partial charge in [0.05, 0.1) is 12.7 Å². The van der Waals surface area contributed by atoms with E-state index in [-0.39, 0.29) is 6.10 Å². The summed E-state index contributed by atoms with van der Waals surface area (Å²) in [4.78, 5) is 0. The third-order valence-electron chi connectivity index (χ3n) is 3.47. The fraction of sp³-hybridized carbons (Fsp3) is 0.600. The van der Waals surface area contributed by atoms with Gasteiger partial charge in [0, 0.05) is 13.0 Å². The fourth-order valence-corrected chi connectivity index (χ4v) is 2.11. The van der Waals surface area contributed by atoms with Gasteiger partial charge in [0.1, 0.15) is 5.75 Å². The van der Waals surface area contributed by atoms with Gasteiger partial charge in [0.2, 0.25) is 0 Å². The van der Waals surface area contributed by atoms with Crippen molar-refractivity contribution in [3.05, 3.63) is 29.3 Å². The third-order valence-corrected chi connectivity index (χ3v) is 3.47. The summed E-state index contributed by atoms with van der Waals surface area (Å²) < 4.78 is 5.49. The summed E-state index contributed by atoms with van der Waals surface area (Å²) >= 11 is 0. The molecule has 0 spiro atoms. The van der Waals surface area contributed by atoms with Gasteiger partial charge >= 0.3 is 0 Å². The number of ether oxygens (including phenoxy) is 1. The summed E-state index contributed by atoms with van der Waals surface area (Å²) in [5.41, 5.74) is 2.67. The first-order valence-corrected chi connectivity index (χ1v) is 6.80. The number of hydrogen-bond donors (Lipinski definition) is 2. The van der Waals surface area contributed by atoms with Crippen LogP contribution in [-0.2, 0) is 12.8 Å². The number of rotatable bonds is 6. The number of aliphatic hydroxyl groups excluding tert-OH is 1. The number of benzene rings is 1. The fourth-order valence-electron chi connectivity index (χ4n) is 2.11. The van der Waals surface area contributed by atoms with Gasteiger partial charge in [0.15, 0.2) is 0 Å². The molecule has 2 N–H and O–H groups in total. The topological polar surface area (TPSA) is 41.5 Å². The quantitative estimate of drug-likeness (QED) is 0.755. The maximum Gasteiger partial charge on any atom is 0.122 e. The highest BCUT2D eigenvalue weighted by Crippen LogP contribution is 2.25. The van der Waals surface area contributed by atoms with Gasteiger partial charge in [-0.05, 0) is 36.1 Å². The summed E-state index contributed by atoms with van der Waals surface area (Å²) in [7, 11) is 0. The summed E-state index contributed by atoms with van der Waals surface area (Å²) in [5, 5.41) is 13.0. The normalized spacial score (nSPS) is 15.6. The molecule has 0 saturated heterocycles. The third kappa shape index (κ3) is 3.47. The first-order valence-electron chi connectivity index (χ1n) is 6.80. The first kappa shape index (κ1) is 13.4. The molecule has 3 heteroatoms. The van der Waals surface area contributed by atoms with Crippen molar-refractivity contribution < 1.29 is 9.84 Å². The van der Waals surface area contributed by atoms with Gasteiger partial charge in [-0.1, -0.05) is 26.0 Å². The number of fused-ring (bicyclic) bond motifs is 1. The zero-order valence-electron chi connectivity index (χ0n) is 11.3. The molecule has 1 atom stereocenters. The van der Waals surface area contributed by atoms with Crippen LogP contribution in [0.1, 0.15) is 25.0 Å². The van der Waals surface area contributed by atoms with Crippen LogP contribution < -0.4 is 10.1 Å². The maximum absolute atomic E-state index is 9.67. The van der Waals surface area contributed by atoms with Crippen LogP contribution in [0.4, 0.5) is 0 Å². The standard InChI is InChI=1S/C15H23NO2/c1-11(2)14(17)10-16-7-5-12-3-4-15-13(9-12)6-8-18-15/h3-4,9,11,14,16-17H,5-8,10H2,1-2H3. The van der Waals surface area contributed by atoms with E-state index >= 15 is 0 Å². The molecule has 0 radical (unpaired) electrons. The zero-order chi connectivity index (χ0) is 13.0. The molecule has 18 heavy (non-hydrogen) atoms.